The van der Waals surface area contributed by atoms with Crippen molar-refractivity contribution >= 4 is 29.8 Å². The smallest absolute Gasteiger partial charge is 0.303 e. The zero-order chi connectivity index (χ0) is 48.7. The minimum absolute atomic E-state index is 0.318. The zero-order valence-corrected chi connectivity index (χ0v) is 44.0. The summed E-state index contributed by atoms with van der Waals surface area (Å²) < 4.78 is 22.2. The quantitative estimate of drug-likeness (QED) is 0.0359. The van der Waals surface area contributed by atoms with E-state index in [2.05, 4.69) is 19.2 Å². The molecule has 10 heteroatoms. The standard InChI is InChI=1S/C56H105NO9/c1-7-9-11-13-15-17-19-21-22-23-24-25-26-27-28-29-30-31-32-33-34-36-38-40-42-44-46-54(65-50(5)60)56(62)57-52(47-63-48(3)58)55(66-51(6)61)53(64-49(4)59)45-43-41-39-37-35-20-18-16-14-12-10-8-2/h52-55H,7-47H2,1-6H3,(H,57,62). The number of hydrogen-bond donors (Lipinski definition) is 1. The third-order valence-electron chi connectivity index (χ3n) is 12.9. The first-order chi connectivity index (χ1) is 32.0. The van der Waals surface area contributed by atoms with Gasteiger partial charge in [0.05, 0.1) is 0 Å². The molecule has 388 valence electrons. The van der Waals surface area contributed by atoms with Gasteiger partial charge in [0.25, 0.3) is 5.91 Å². The van der Waals surface area contributed by atoms with Crippen LogP contribution in [-0.2, 0) is 42.9 Å². The lowest BCUT2D eigenvalue weighted by Gasteiger charge is -2.33. The third-order valence-corrected chi connectivity index (χ3v) is 12.9. The highest BCUT2D eigenvalue weighted by Crippen LogP contribution is 2.22. The van der Waals surface area contributed by atoms with E-state index in [-0.39, 0.29) is 6.61 Å². The van der Waals surface area contributed by atoms with Gasteiger partial charge in [-0.05, 0) is 25.7 Å². The first-order valence-electron chi connectivity index (χ1n) is 28.0. The van der Waals surface area contributed by atoms with Gasteiger partial charge in [-0.2, -0.15) is 0 Å². The predicted octanol–water partition coefficient (Wildman–Crippen LogP) is 15.5. The lowest BCUT2D eigenvalue weighted by molar-refractivity contribution is -0.172. The van der Waals surface area contributed by atoms with Crippen LogP contribution in [0.25, 0.3) is 0 Å². The first-order valence-corrected chi connectivity index (χ1v) is 28.0. The number of nitrogens with one attached hydrogen (secondary N) is 1. The van der Waals surface area contributed by atoms with Crippen molar-refractivity contribution in [1.29, 1.82) is 0 Å². The molecule has 0 aromatic carbocycles. The third kappa shape index (κ3) is 42.7. The molecule has 0 saturated heterocycles. The van der Waals surface area contributed by atoms with Crippen LogP contribution in [0.1, 0.15) is 298 Å². The van der Waals surface area contributed by atoms with E-state index in [1.54, 1.807) is 0 Å². The average Bonchev–Trinajstić information content (AvgIpc) is 3.27. The minimum atomic E-state index is -1.13. The Morgan fingerprint density at radius 3 is 0.924 bits per heavy atom. The number of amides is 1. The Morgan fingerprint density at radius 2 is 0.636 bits per heavy atom. The molecule has 0 rings (SSSR count). The van der Waals surface area contributed by atoms with Crippen molar-refractivity contribution in [2.75, 3.05) is 6.61 Å². The summed E-state index contributed by atoms with van der Waals surface area (Å²) in [6.45, 7) is 9.26. The maximum absolute atomic E-state index is 13.7. The Kier molecular flexibility index (Phi) is 45.5. The van der Waals surface area contributed by atoms with Crippen molar-refractivity contribution in [3.05, 3.63) is 0 Å². The molecule has 0 heterocycles. The Morgan fingerprint density at radius 1 is 0.348 bits per heavy atom. The van der Waals surface area contributed by atoms with E-state index in [0.717, 1.165) is 44.9 Å². The second-order valence-electron chi connectivity index (χ2n) is 19.5. The molecule has 0 bridgehead atoms. The summed E-state index contributed by atoms with van der Waals surface area (Å²) in [4.78, 5) is 62.5. The highest BCUT2D eigenvalue weighted by molar-refractivity contribution is 5.83. The van der Waals surface area contributed by atoms with Crippen LogP contribution in [0.15, 0.2) is 0 Å². The molecule has 0 spiro atoms. The topological polar surface area (TPSA) is 134 Å². The second-order valence-corrected chi connectivity index (χ2v) is 19.5. The summed E-state index contributed by atoms with van der Waals surface area (Å²) in [5, 5.41) is 2.84. The summed E-state index contributed by atoms with van der Waals surface area (Å²) in [6.07, 6.45) is 45.8. The van der Waals surface area contributed by atoms with E-state index >= 15 is 0 Å². The van der Waals surface area contributed by atoms with Crippen LogP contribution in [0.4, 0.5) is 0 Å². The lowest BCUT2D eigenvalue weighted by atomic mass is 9.98. The van der Waals surface area contributed by atoms with Crippen LogP contribution in [-0.4, -0.2) is 60.7 Å². The van der Waals surface area contributed by atoms with Gasteiger partial charge in [0.15, 0.2) is 12.2 Å². The van der Waals surface area contributed by atoms with Crippen LogP contribution >= 0.6 is 0 Å². The van der Waals surface area contributed by atoms with Crippen molar-refractivity contribution < 1.29 is 42.9 Å². The van der Waals surface area contributed by atoms with Gasteiger partial charge in [0, 0.05) is 27.7 Å². The number of carbonyl (C=O) groups is 5. The van der Waals surface area contributed by atoms with E-state index in [4.69, 9.17) is 18.9 Å². The number of rotatable bonds is 49. The summed E-state index contributed by atoms with van der Waals surface area (Å²) >= 11 is 0. The first kappa shape index (κ1) is 63.4. The maximum atomic E-state index is 13.7. The number of esters is 4. The molecule has 0 aromatic heterocycles. The molecule has 0 fully saturated rings. The van der Waals surface area contributed by atoms with Gasteiger partial charge < -0.3 is 24.3 Å². The monoisotopic (exact) mass is 936 g/mol. The van der Waals surface area contributed by atoms with Gasteiger partial charge in [-0.15, -0.1) is 0 Å². The largest absolute Gasteiger partial charge is 0.464 e. The summed E-state index contributed by atoms with van der Waals surface area (Å²) in [5.74, 6) is -2.92. The summed E-state index contributed by atoms with van der Waals surface area (Å²) in [5.41, 5.74) is 0. The average molecular weight is 936 g/mol. The molecule has 0 saturated carbocycles. The number of unbranched alkanes of at least 4 members (excludes halogenated alkanes) is 36. The normalized spacial score (nSPS) is 13.1. The fraction of sp³-hybridized carbons (Fsp3) is 0.911. The van der Waals surface area contributed by atoms with E-state index in [9.17, 15) is 24.0 Å². The Labute approximate surface area is 406 Å². The van der Waals surface area contributed by atoms with Crippen LogP contribution in [0.3, 0.4) is 0 Å². The van der Waals surface area contributed by atoms with Crippen LogP contribution < -0.4 is 5.32 Å². The van der Waals surface area contributed by atoms with Crippen LogP contribution in [0.5, 0.6) is 0 Å². The molecule has 0 aliphatic carbocycles. The molecule has 66 heavy (non-hydrogen) atoms. The summed E-state index contributed by atoms with van der Waals surface area (Å²) in [6, 6.07) is -1.04. The zero-order valence-electron chi connectivity index (χ0n) is 44.0. The molecular formula is C56H105NO9. The van der Waals surface area contributed by atoms with Gasteiger partial charge in [-0.25, -0.2) is 0 Å². The van der Waals surface area contributed by atoms with Gasteiger partial charge in [-0.1, -0.05) is 245 Å². The molecule has 10 nitrogen and oxygen atoms in total. The minimum Gasteiger partial charge on any atom is -0.464 e. The molecule has 0 radical (unpaired) electrons. The van der Waals surface area contributed by atoms with E-state index in [0.29, 0.717) is 19.3 Å². The molecule has 4 unspecified atom stereocenters. The van der Waals surface area contributed by atoms with Crippen molar-refractivity contribution in [2.24, 2.45) is 0 Å². The lowest BCUT2D eigenvalue weighted by Crippen LogP contribution is -2.56. The van der Waals surface area contributed by atoms with Crippen LogP contribution in [0.2, 0.25) is 0 Å². The predicted molar refractivity (Wildman–Crippen MR) is 271 cm³/mol. The Bertz CT molecular complexity index is 1160. The molecule has 4 atom stereocenters. The van der Waals surface area contributed by atoms with Crippen LogP contribution in [0, 0.1) is 0 Å². The Hall–Kier alpha value is -2.65. The highest BCUT2D eigenvalue weighted by atomic mass is 16.6. The fourth-order valence-electron chi connectivity index (χ4n) is 9.09. The molecule has 1 N–H and O–H groups in total. The SMILES string of the molecule is CCCCCCCCCCCCCCCCCCCCCCCCCCCCC(OC(C)=O)C(=O)NC(COC(C)=O)C(OC(C)=O)C(CCCCCCCCCCCCCC)OC(C)=O. The number of ether oxygens (including phenoxy) is 4. The Balaban J connectivity index is 4.63. The molecule has 0 aliphatic heterocycles. The van der Waals surface area contributed by atoms with Gasteiger partial charge in [0.2, 0.25) is 0 Å². The van der Waals surface area contributed by atoms with Crippen molar-refractivity contribution in [1.82, 2.24) is 5.32 Å². The van der Waals surface area contributed by atoms with E-state index in [1.807, 2.05) is 0 Å². The van der Waals surface area contributed by atoms with Crippen molar-refractivity contribution in [3.63, 3.8) is 0 Å². The van der Waals surface area contributed by atoms with Crippen molar-refractivity contribution in [3.8, 4) is 0 Å². The molecule has 1 amide bonds. The van der Waals surface area contributed by atoms with E-state index in [1.165, 1.54) is 220 Å². The second kappa shape index (κ2) is 47.4. The van der Waals surface area contributed by atoms with E-state index < -0.39 is 54.1 Å². The molecule has 0 aliphatic rings. The van der Waals surface area contributed by atoms with Crippen molar-refractivity contribution in [2.45, 2.75) is 323 Å². The maximum Gasteiger partial charge on any atom is 0.303 e. The fourth-order valence-corrected chi connectivity index (χ4v) is 9.09. The number of hydrogen-bond acceptors (Lipinski definition) is 9. The van der Waals surface area contributed by atoms with Gasteiger partial charge in [0.1, 0.15) is 18.8 Å². The molecule has 0 aromatic rings. The number of carbonyl (C=O) groups excluding carboxylic acids is 5. The molecular weight excluding hydrogens is 831 g/mol. The van der Waals surface area contributed by atoms with Gasteiger partial charge in [-0.3, -0.25) is 24.0 Å². The summed E-state index contributed by atoms with van der Waals surface area (Å²) in [7, 11) is 0. The van der Waals surface area contributed by atoms with Gasteiger partial charge >= 0.3 is 23.9 Å². The highest BCUT2D eigenvalue weighted by Gasteiger charge is 2.38.